The van der Waals surface area contributed by atoms with Gasteiger partial charge in [-0.25, -0.2) is 0 Å². The summed E-state index contributed by atoms with van der Waals surface area (Å²) in [5.74, 6) is 1.99. The molecule has 1 aliphatic rings. The molecule has 0 saturated heterocycles. The first-order chi connectivity index (χ1) is 11.2. The van der Waals surface area contributed by atoms with Gasteiger partial charge in [0.05, 0.1) is 11.3 Å². The summed E-state index contributed by atoms with van der Waals surface area (Å²) in [7, 11) is 0. The van der Waals surface area contributed by atoms with Crippen molar-refractivity contribution in [3.8, 4) is 0 Å². The van der Waals surface area contributed by atoms with Gasteiger partial charge in [0.15, 0.2) is 5.82 Å². The Balaban J connectivity index is 0.00000169. The molecule has 0 aliphatic heterocycles. The van der Waals surface area contributed by atoms with E-state index < -0.39 is 0 Å². The zero-order valence-corrected chi connectivity index (χ0v) is 14.9. The summed E-state index contributed by atoms with van der Waals surface area (Å²) in [6, 6.07) is 14.8. The summed E-state index contributed by atoms with van der Waals surface area (Å²) >= 11 is 1.71. The van der Waals surface area contributed by atoms with E-state index in [2.05, 4.69) is 52.6 Å². The van der Waals surface area contributed by atoms with Crippen LogP contribution in [-0.4, -0.2) is 10.1 Å². The van der Waals surface area contributed by atoms with Gasteiger partial charge in [0.25, 0.3) is 0 Å². The van der Waals surface area contributed by atoms with Crippen molar-refractivity contribution < 1.29 is 4.52 Å². The van der Waals surface area contributed by atoms with Gasteiger partial charge in [0, 0.05) is 4.90 Å². The van der Waals surface area contributed by atoms with Crippen LogP contribution < -0.4 is 5.73 Å². The van der Waals surface area contributed by atoms with Crippen LogP contribution in [0.1, 0.15) is 37.4 Å². The lowest BCUT2D eigenvalue weighted by Crippen LogP contribution is -2.34. The number of aromatic nitrogens is 2. The van der Waals surface area contributed by atoms with Gasteiger partial charge in [-0.1, -0.05) is 48.3 Å². The fraction of sp³-hybridized carbons (Fsp3) is 0.333. The first-order valence-corrected chi connectivity index (χ1v) is 8.95. The van der Waals surface area contributed by atoms with Gasteiger partial charge in [-0.15, -0.1) is 24.2 Å². The summed E-state index contributed by atoms with van der Waals surface area (Å²) in [5, 5.41) is 6.61. The van der Waals surface area contributed by atoms with Crippen molar-refractivity contribution in [2.24, 2.45) is 5.73 Å². The van der Waals surface area contributed by atoms with Crippen LogP contribution in [0.3, 0.4) is 0 Å². The first kappa shape index (κ1) is 17.3. The Labute approximate surface area is 151 Å². The number of nitrogens with two attached hydrogens (primary N) is 1. The predicted octanol–water partition coefficient (Wildman–Crippen LogP) is 4.66. The maximum Gasteiger partial charge on any atom is 0.237 e. The molecule has 3 aromatic rings. The van der Waals surface area contributed by atoms with Crippen molar-refractivity contribution in [3.05, 3.63) is 54.2 Å². The fourth-order valence-electron chi connectivity index (χ4n) is 3.15. The van der Waals surface area contributed by atoms with Gasteiger partial charge in [0.1, 0.15) is 0 Å². The highest BCUT2D eigenvalue weighted by Gasteiger charge is 2.35. The van der Waals surface area contributed by atoms with E-state index in [0.717, 1.165) is 25.7 Å². The van der Waals surface area contributed by atoms with Crippen molar-refractivity contribution in [2.75, 3.05) is 0 Å². The number of halogens is 1. The molecule has 0 radical (unpaired) electrons. The van der Waals surface area contributed by atoms with Crippen molar-refractivity contribution in [3.63, 3.8) is 0 Å². The highest BCUT2D eigenvalue weighted by atomic mass is 35.5. The minimum absolute atomic E-state index is 0. The number of benzene rings is 2. The second-order valence-electron chi connectivity index (χ2n) is 6.17. The van der Waals surface area contributed by atoms with Crippen LogP contribution in [0, 0.1) is 0 Å². The molecule has 4 nitrogen and oxygen atoms in total. The number of hydrogen-bond acceptors (Lipinski definition) is 5. The lowest BCUT2D eigenvalue weighted by Gasteiger charge is -2.17. The lowest BCUT2D eigenvalue weighted by atomic mass is 9.99. The summed E-state index contributed by atoms with van der Waals surface area (Å²) < 4.78 is 5.39. The SMILES string of the molecule is Cl.NC1(c2noc(CSc3ccc4ccccc4c3)n2)CCCC1. The molecule has 0 atom stereocenters. The molecule has 0 bridgehead atoms. The molecule has 2 aromatic carbocycles. The van der Waals surface area contributed by atoms with Gasteiger partial charge in [-0.05, 0) is 35.7 Å². The molecule has 1 heterocycles. The number of nitrogens with zero attached hydrogens (tertiary/aromatic N) is 2. The van der Waals surface area contributed by atoms with E-state index in [9.17, 15) is 0 Å². The van der Waals surface area contributed by atoms with Crippen LogP contribution >= 0.6 is 24.2 Å². The number of thioether (sulfide) groups is 1. The molecule has 1 fully saturated rings. The molecule has 0 unspecified atom stereocenters. The van der Waals surface area contributed by atoms with Gasteiger partial charge in [0.2, 0.25) is 5.89 Å². The Kier molecular flexibility index (Phi) is 5.13. The van der Waals surface area contributed by atoms with E-state index in [1.807, 2.05) is 0 Å². The largest absolute Gasteiger partial charge is 0.338 e. The topological polar surface area (TPSA) is 64.9 Å². The fourth-order valence-corrected chi connectivity index (χ4v) is 3.93. The number of hydrogen-bond donors (Lipinski definition) is 1. The Morgan fingerprint density at radius 3 is 2.62 bits per heavy atom. The molecule has 1 aromatic heterocycles. The summed E-state index contributed by atoms with van der Waals surface area (Å²) in [6.45, 7) is 0. The average molecular weight is 362 g/mol. The lowest BCUT2D eigenvalue weighted by molar-refractivity contribution is 0.355. The molecular weight excluding hydrogens is 342 g/mol. The van der Waals surface area contributed by atoms with Crippen LogP contribution in [0.25, 0.3) is 10.8 Å². The molecule has 126 valence electrons. The molecule has 0 spiro atoms. The molecule has 1 saturated carbocycles. The molecule has 1 aliphatic carbocycles. The van der Waals surface area contributed by atoms with Crippen LogP contribution in [0.2, 0.25) is 0 Å². The second-order valence-corrected chi connectivity index (χ2v) is 7.22. The summed E-state index contributed by atoms with van der Waals surface area (Å²) in [6.07, 6.45) is 4.19. The third-order valence-corrected chi connectivity index (χ3v) is 5.47. The Morgan fingerprint density at radius 1 is 1.08 bits per heavy atom. The molecule has 6 heteroatoms. The predicted molar refractivity (Wildman–Crippen MR) is 99.4 cm³/mol. The molecule has 2 N–H and O–H groups in total. The maximum atomic E-state index is 6.37. The summed E-state index contributed by atoms with van der Waals surface area (Å²) in [4.78, 5) is 5.72. The minimum Gasteiger partial charge on any atom is -0.338 e. The van der Waals surface area contributed by atoms with Crippen LogP contribution in [0.15, 0.2) is 51.9 Å². The van der Waals surface area contributed by atoms with Gasteiger partial charge in [-0.2, -0.15) is 4.98 Å². The van der Waals surface area contributed by atoms with Crippen molar-refractivity contribution >= 4 is 34.9 Å². The quantitative estimate of drug-likeness (QED) is 0.684. The Morgan fingerprint density at radius 2 is 1.83 bits per heavy atom. The highest BCUT2D eigenvalue weighted by molar-refractivity contribution is 7.98. The number of rotatable bonds is 4. The van der Waals surface area contributed by atoms with Crippen LogP contribution in [-0.2, 0) is 11.3 Å². The zero-order valence-electron chi connectivity index (χ0n) is 13.3. The standard InChI is InChI=1S/C18H19N3OS.ClH/c19-18(9-3-4-10-18)17-20-16(22-21-17)12-23-15-8-7-13-5-1-2-6-14(13)11-15;/h1-2,5-8,11H,3-4,9-10,12,19H2;1H. The molecule has 0 amide bonds. The third-order valence-electron chi connectivity index (χ3n) is 4.49. The molecular formula is C18H20ClN3OS. The molecule has 4 rings (SSSR count). The normalized spacial score (nSPS) is 16.2. The summed E-state index contributed by atoms with van der Waals surface area (Å²) in [5.41, 5.74) is 5.99. The van der Waals surface area contributed by atoms with Crippen molar-refractivity contribution in [1.29, 1.82) is 0 Å². The van der Waals surface area contributed by atoms with E-state index in [-0.39, 0.29) is 17.9 Å². The Bertz CT molecular complexity index is 830. The van der Waals surface area contributed by atoms with E-state index in [1.165, 1.54) is 15.7 Å². The first-order valence-electron chi connectivity index (χ1n) is 7.97. The maximum absolute atomic E-state index is 6.37. The van der Waals surface area contributed by atoms with Crippen LogP contribution in [0.5, 0.6) is 0 Å². The third kappa shape index (κ3) is 3.43. The minimum atomic E-state index is -0.380. The van der Waals surface area contributed by atoms with Crippen molar-refractivity contribution in [1.82, 2.24) is 10.1 Å². The highest BCUT2D eigenvalue weighted by Crippen LogP contribution is 2.35. The van der Waals surface area contributed by atoms with E-state index in [4.69, 9.17) is 10.3 Å². The van der Waals surface area contributed by atoms with Gasteiger partial charge >= 0.3 is 0 Å². The van der Waals surface area contributed by atoms with E-state index in [1.54, 1.807) is 11.8 Å². The zero-order chi connectivity index (χ0) is 15.7. The monoisotopic (exact) mass is 361 g/mol. The van der Waals surface area contributed by atoms with E-state index >= 15 is 0 Å². The smallest absolute Gasteiger partial charge is 0.237 e. The number of fused-ring (bicyclic) bond motifs is 1. The van der Waals surface area contributed by atoms with E-state index in [0.29, 0.717) is 17.5 Å². The second kappa shape index (κ2) is 7.13. The van der Waals surface area contributed by atoms with Crippen LogP contribution in [0.4, 0.5) is 0 Å². The van der Waals surface area contributed by atoms with Gasteiger partial charge < -0.3 is 10.3 Å². The van der Waals surface area contributed by atoms with Gasteiger partial charge in [-0.3, -0.25) is 0 Å². The van der Waals surface area contributed by atoms with Crippen molar-refractivity contribution in [2.45, 2.75) is 41.9 Å². The Hall–Kier alpha value is -1.56. The average Bonchev–Trinajstić information content (AvgIpc) is 3.23. The molecule has 24 heavy (non-hydrogen) atoms.